The summed E-state index contributed by atoms with van der Waals surface area (Å²) in [5, 5.41) is 0. The predicted octanol–water partition coefficient (Wildman–Crippen LogP) is 7.79. The zero-order valence-electron chi connectivity index (χ0n) is 19.1. The van der Waals surface area contributed by atoms with E-state index < -0.39 is 0 Å². The summed E-state index contributed by atoms with van der Waals surface area (Å²) < 4.78 is 16.5. The quantitative estimate of drug-likeness (QED) is 0.181. The fraction of sp³-hybridized carbons (Fsp3) is 0.630. The molecule has 0 unspecified atom stereocenters. The molecule has 0 saturated carbocycles. The Balaban J connectivity index is 1.31. The van der Waals surface area contributed by atoms with Gasteiger partial charge in [0.1, 0.15) is 0 Å². The van der Waals surface area contributed by atoms with Crippen molar-refractivity contribution in [1.82, 2.24) is 0 Å². The number of hydrogen-bond donors (Lipinski definition) is 0. The summed E-state index contributed by atoms with van der Waals surface area (Å²) in [6.07, 6.45) is 25.6. The summed E-state index contributed by atoms with van der Waals surface area (Å²) in [7, 11) is 0. The van der Waals surface area contributed by atoms with Crippen LogP contribution in [0.25, 0.3) is 0 Å². The Hall–Kier alpha value is -1.74. The second-order valence-electron chi connectivity index (χ2n) is 8.13. The normalized spacial score (nSPS) is 13.1. The van der Waals surface area contributed by atoms with Crippen molar-refractivity contribution in [3.8, 4) is 11.5 Å². The molecule has 3 heteroatoms. The van der Waals surface area contributed by atoms with E-state index in [0.29, 0.717) is 6.79 Å². The molecular weight excluding hydrogens is 372 g/mol. The fourth-order valence-corrected chi connectivity index (χ4v) is 3.58. The lowest BCUT2D eigenvalue weighted by Gasteiger charge is -2.05. The predicted molar refractivity (Wildman–Crippen MR) is 126 cm³/mol. The largest absolute Gasteiger partial charge is 0.454 e. The van der Waals surface area contributed by atoms with E-state index in [1.807, 2.05) is 6.07 Å². The highest BCUT2D eigenvalue weighted by Gasteiger charge is 2.12. The van der Waals surface area contributed by atoms with Gasteiger partial charge in [0.15, 0.2) is 11.5 Å². The highest BCUT2D eigenvalue weighted by molar-refractivity contribution is 5.44. The van der Waals surface area contributed by atoms with Crippen LogP contribution in [0, 0.1) is 0 Å². The Morgan fingerprint density at radius 2 is 1.47 bits per heavy atom. The van der Waals surface area contributed by atoms with Gasteiger partial charge in [0, 0.05) is 6.61 Å². The van der Waals surface area contributed by atoms with Crippen molar-refractivity contribution in [1.29, 1.82) is 0 Å². The van der Waals surface area contributed by atoms with E-state index in [1.165, 1.54) is 76.2 Å². The Bertz CT molecular complexity index is 606. The maximum Gasteiger partial charge on any atom is 0.231 e. The van der Waals surface area contributed by atoms with Gasteiger partial charge >= 0.3 is 0 Å². The lowest BCUT2D eigenvalue weighted by Crippen LogP contribution is -2.00. The third-order valence-electron chi connectivity index (χ3n) is 5.46. The van der Waals surface area contributed by atoms with Gasteiger partial charge < -0.3 is 14.2 Å². The molecule has 3 nitrogen and oxygen atoms in total. The molecule has 1 aromatic rings. The summed E-state index contributed by atoms with van der Waals surface area (Å²) in [6, 6.07) is 6.14. The minimum Gasteiger partial charge on any atom is -0.454 e. The van der Waals surface area contributed by atoms with Crippen LogP contribution in [-0.2, 0) is 11.2 Å². The average molecular weight is 415 g/mol. The molecule has 30 heavy (non-hydrogen) atoms. The standard InChI is InChI=1S/C27H42O3/c1-2-3-4-5-6-7-8-9-10-11-12-13-14-15-16-17-21-28-22-20-25-18-19-26-27(23-25)30-24-29-26/h6-7,9-10,18-19,23H,2-5,8,11-17,20-22,24H2,1H3. The van der Waals surface area contributed by atoms with Gasteiger partial charge in [0.2, 0.25) is 6.79 Å². The maximum atomic E-state index is 5.79. The van der Waals surface area contributed by atoms with Crippen LogP contribution in [0.1, 0.15) is 89.5 Å². The van der Waals surface area contributed by atoms with E-state index in [-0.39, 0.29) is 0 Å². The molecule has 0 aromatic heterocycles. The van der Waals surface area contributed by atoms with Crippen molar-refractivity contribution in [2.24, 2.45) is 0 Å². The number of benzene rings is 1. The van der Waals surface area contributed by atoms with Gasteiger partial charge in [-0.05, 0) is 62.6 Å². The topological polar surface area (TPSA) is 27.7 Å². The Labute approximate surface area is 184 Å². The zero-order chi connectivity index (χ0) is 21.1. The molecule has 0 saturated heterocycles. The lowest BCUT2D eigenvalue weighted by atomic mass is 10.1. The van der Waals surface area contributed by atoms with Crippen LogP contribution in [0.2, 0.25) is 0 Å². The molecule has 2 rings (SSSR count). The van der Waals surface area contributed by atoms with Gasteiger partial charge in [-0.15, -0.1) is 0 Å². The molecule has 0 N–H and O–H groups in total. The smallest absolute Gasteiger partial charge is 0.231 e. The van der Waals surface area contributed by atoms with E-state index in [9.17, 15) is 0 Å². The molecule has 0 amide bonds. The summed E-state index contributed by atoms with van der Waals surface area (Å²) in [5.41, 5.74) is 1.25. The maximum absolute atomic E-state index is 5.79. The summed E-state index contributed by atoms with van der Waals surface area (Å²) in [4.78, 5) is 0. The molecule has 1 heterocycles. The van der Waals surface area contributed by atoms with Crippen LogP contribution >= 0.6 is 0 Å². The van der Waals surface area contributed by atoms with Gasteiger partial charge in [-0.3, -0.25) is 0 Å². The summed E-state index contributed by atoms with van der Waals surface area (Å²) in [6.45, 7) is 4.24. The van der Waals surface area contributed by atoms with E-state index in [1.54, 1.807) is 0 Å². The number of rotatable bonds is 18. The van der Waals surface area contributed by atoms with Crippen LogP contribution in [0.4, 0.5) is 0 Å². The van der Waals surface area contributed by atoms with Crippen LogP contribution < -0.4 is 9.47 Å². The third kappa shape index (κ3) is 11.4. The molecule has 0 aliphatic carbocycles. The van der Waals surface area contributed by atoms with Crippen molar-refractivity contribution in [3.05, 3.63) is 48.1 Å². The first-order valence-electron chi connectivity index (χ1n) is 12.2. The van der Waals surface area contributed by atoms with Crippen molar-refractivity contribution < 1.29 is 14.2 Å². The number of fused-ring (bicyclic) bond motifs is 1. The van der Waals surface area contributed by atoms with Crippen LogP contribution in [0.15, 0.2) is 42.5 Å². The van der Waals surface area contributed by atoms with Crippen molar-refractivity contribution >= 4 is 0 Å². The minimum absolute atomic E-state index is 0.336. The van der Waals surface area contributed by atoms with Gasteiger partial charge in [-0.2, -0.15) is 0 Å². The second kappa shape index (κ2) is 17.0. The van der Waals surface area contributed by atoms with Crippen molar-refractivity contribution in [2.45, 2.75) is 90.4 Å². The highest BCUT2D eigenvalue weighted by atomic mass is 16.7. The third-order valence-corrected chi connectivity index (χ3v) is 5.46. The second-order valence-corrected chi connectivity index (χ2v) is 8.13. The van der Waals surface area contributed by atoms with Gasteiger partial charge in [0.05, 0.1) is 6.61 Å². The lowest BCUT2D eigenvalue weighted by molar-refractivity contribution is 0.132. The first-order chi connectivity index (χ1) is 14.9. The average Bonchev–Trinajstić information content (AvgIpc) is 3.23. The molecule has 0 radical (unpaired) electrons. The SMILES string of the molecule is CCCCCC=CCC=CCCCCCCCCOCCc1ccc2c(c1)OCO2. The molecule has 0 atom stereocenters. The van der Waals surface area contributed by atoms with Crippen molar-refractivity contribution in [3.63, 3.8) is 0 Å². The Morgan fingerprint density at radius 1 is 0.767 bits per heavy atom. The van der Waals surface area contributed by atoms with E-state index >= 15 is 0 Å². The monoisotopic (exact) mass is 414 g/mol. The molecular formula is C27H42O3. The number of allylic oxidation sites excluding steroid dienone is 4. The van der Waals surface area contributed by atoms with E-state index in [4.69, 9.17) is 14.2 Å². The van der Waals surface area contributed by atoms with Gasteiger partial charge in [-0.1, -0.05) is 75.8 Å². The zero-order valence-corrected chi connectivity index (χ0v) is 19.1. The molecule has 1 aromatic carbocycles. The fourth-order valence-electron chi connectivity index (χ4n) is 3.58. The number of unbranched alkanes of at least 4 members (excludes halogenated alkanes) is 9. The molecule has 0 fully saturated rings. The van der Waals surface area contributed by atoms with Gasteiger partial charge in [-0.25, -0.2) is 0 Å². The molecule has 0 bridgehead atoms. The Kier molecular flexibility index (Phi) is 13.9. The molecule has 1 aliphatic heterocycles. The highest BCUT2D eigenvalue weighted by Crippen LogP contribution is 2.32. The van der Waals surface area contributed by atoms with E-state index in [0.717, 1.165) is 37.6 Å². The first kappa shape index (κ1) is 24.5. The van der Waals surface area contributed by atoms with E-state index in [2.05, 4.69) is 43.4 Å². The first-order valence-corrected chi connectivity index (χ1v) is 12.2. The Morgan fingerprint density at radius 3 is 2.27 bits per heavy atom. The summed E-state index contributed by atoms with van der Waals surface area (Å²) >= 11 is 0. The number of ether oxygens (including phenoxy) is 3. The molecule has 0 spiro atoms. The van der Waals surface area contributed by atoms with Crippen molar-refractivity contribution in [2.75, 3.05) is 20.0 Å². The molecule has 168 valence electrons. The minimum atomic E-state index is 0.336. The van der Waals surface area contributed by atoms with Gasteiger partial charge in [0.25, 0.3) is 0 Å². The number of hydrogen-bond acceptors (Lipinski definition) is 3. The summed E-state index contributed by atoms with van der Waals surface area (Å²) in [5.74, 6) is 1.71. The molecule has 1 aliphatic rings. The van der Waals surface area contributed by atoms with Crippen LogP contribution in [0.3, 0.4) is 0 Å². The van der Waals surface area contributed by atoms with Crippen LogP contribution in [0.5, 0.6) is 11.5 Å². The van der Waals surface area contributed by atoms with Crippen LogP contribution in [-0.4, -0.2) is 20.0 Å².